The Hall–Kier alpha value is -2.35. The normalized spacial score (nSPS) is 16.2. The van der Waals surface area contributed by atoms with E-state index in [-0.39, 0.29) is 11.8 Å². The number of aromatic nitrogens is 1. The Morgan fingerprint density at radius 2 is 2.00 bits per heavy atom. The van der Waals surface area contributed by atoms with Crippen molar-refractivity contribution in [3.63, 3.8) is 0 Å². The SMILES string of the molecule is Cc1occc1C(=O)N1CCC(c2nc3cc(C(F)(F)F)ccc3s2)CC1. The van der Waals surface area contributed by atoms with E-state index in [4.69, 9.17) is 4.42 Å². The first-order valence-corrected chi connectivity index (χ1v) is 9.45. The van der Waals surface area contributed by atoms with Crippen LogP contribution in [-0.2, 0) is 6.18 Å². The van der Waals surface area contributed by atoms with Gasteiger partial charge < -0.3 is 9.32 Å². The van der Waals surface area contributed by atoms with Crippen molar-refractivity contribution in [3.05, 3.63) is 52.4 Å². The second-order valence-electron chi connectivity index (χ2n) is 6.69. The van der Waals surface area contributed by atoms with Crippen molar-refractivity contribution in [1.29, 1.82) is 0 Å². The summed E-state index contributed by atoms with van der Waals surface area (Å²) in [6, 6.07) is 5.36. The molecule has 0 unspecified atom stereocenters. The van der Waals surface area contributed by atoms with Crippen LogP contribution in [0.15, 0.2) is 34.9 Å². The van der Waals surface area contributed by atoms with Gasteiger partial charge in [0.05, 0.1) is 32.6 Å². The molecule has 0 saturated carbocycles. The number of fused-ring (bicyclic) bond motifs is 1. The minimum absolute atomic E-state index is 0.0428. The zero-order valence-corrected chi connectivity index (χ0v) is 15.4. The van der Waals surface area contributed by atoms with Gasteiger partial charge in [-0.2, -0.15) is 13.2 Å². The van der Waals surface area contributed by atoms with Gasteiger partial charge in [0.2, 0.25) is 0 Å². The molecule has 0 radical (unpaired) electrons. The van der Waals surface area contributed by atoms with Crippen molar-refractivity contribution in [2.75, 3.05) is 13.1 Å². The van der Waals surface area contributed by atoms with Crippen molar-refractivity contribution in [2.45, 2.75) is 31.9 Å². The molecule has 2 aromatic heterocycles. The number of thiazole rings is 1. The smallest absolute Gasteiger partial charge is 0.416 e. The molecule has 0 bridgehead atoms. The maximum Gasteiger partial charge on any atom is 0.416 e. The molecule has 4 nitrogen and oxygen atoms in total. The van der Waals surface area contributed by atoms with Crippen LogP contribution in [-0.4, -0.2) is 28.9 Å². The summed E-state index contributed by atoms with van der Waals surface area (Å²) in [5.41, 5.74) is 0.285. The number of rotatable bonds is 2. The predicted octanol–water partition coefficient (Wildman–Crippen LogP) is 5.24. The molecule has 3 aromatic rings. The van der Waals surface area contributed by atoms with Gasteiger partial charge in [-0.25, -0.2) is 4.98 Å². The highest BCUT2D eigenvalue weighted by Crippen LogP contribution is 2.37. The quantitative estimate of drug-likeness (QED) is 0.597. The summed E-state index contributed by atoms with van der Waals surface area (Å²) in [7, 11) is 0. The Morgan fingerprint density at radius 1 is 1.26 bits per heavy atom. The fraction of sp³-hybridized carbons (Fsp3) is 0.368. The van der Waals surface area contributed by atoms with Gasteiger partial charge in [0.25, 0.3) is 5.91 Å². The van der Waals surface area contributed by atoms with Gasteiger partial charge in [-0.15, -0.1) is 11.3 Å². The minimum atomic E-state index is -4.37. The number of hydrogen-bond acceptors (Lipinski definition) is 4. The highest BCUT2D eigenvalue weighted by Gasteiger charge is 2.31. The molecule has 1 amide bonds. The summed E-state index contributed by atoms with van der Waals surface area (Å²) in [5.74, 6) is 0.721. The second-order valence-corrected chi connectivity index (χ2v) is 7.75. The highest BCUT2D eigenvalue weighted by molar-refractivity contribution is 7.18. The standard InChI is InChI=1S/C19H17F3N2O2S/c1-11-14(6-9-26-11)18(25)24-7-4-12(5-8-24)17-23-15-10-13(19(20,21)22)2-3-16(15)27-17/h2-3,6,9-10,12H,4-5,7-8H2,1H3. The number of carbonyl (C=O) groups is 1. The van der Waals surface area contributed by atoms with E-state index in [1.807, 2.05) is 0 Å². The molecule has 4 rings (SSSR count). The monoisotopic (exact) mass is 394 g/mol. The van der Waals surface area contributed by atoms with Crippen LogP contribution in [0, 0.1) is 6.92 Å². The summed E-state index contributed by atoms with van der Waals surface area (Å²) in [5, 5.41) is 0.843. The molecule has 0 N–H and O–H groups in total. The fourth-order valence-corrected chi connectivity index (χ4v) is 4.52. The lowest BCUT2D eigenvalue weighted by Crippen LogP contribution is -2.38. The number of furan rings is 1. The van der Waals surface area contributed by atoms with E-state index in [0.717, 1.165) is 34.7 Å². The topological polar surface area (TPSA) is 46.3 Å². The third kappa shape index (κ3) is 3.45. The average Bonchev–Trinajstić information content (AvgIpc) is 3.25. The Labute approximate surface area is 157 Å². The van der Waals surface area contributed by atoms with Crippen molar-refractivity contribution in [3.8, 4) is 0 Å². The number of halogens is 3. The van der Waals surface area contributed by atoms with E-state index in [1.165, 1.54) is 23.7 Å². The fourth-order valence-electron chi connectivity index (χ4n) is 3.40. The van der Waals surface area contributed by atoms with Crippen molar-refractivity contribution in [1.82, 2.24) is 9.88 Å². The van der Waals surface area contributed by atoms with Crippen LogP contribution >= 0.6 is 11.3 Å². The lowest BCUT2D eigenvalue weighted by atomic mass is 9.97. The Morgan fingerprint density at radius 3 is 2.63 bits per heavy atom. The molecule has 1 aliphatic heterocycles. The van der Waals surface area contributed by atoms with Crippen LogP contribution in [0.4, 0.5) is 13.2 Å². The molecule has 8 heteroatoms. The first-order chi connectivity index (χ1) is 12.8. The molecule has 1 aliphatic rings. The number of benzene rings is 1. The van der Waals surface area contributed by atoms with E-state index in [9.17, 15) is 18.0 Å². The van der Waals surface area contributed by atoms with Crippen LogP contribution in [0.25, 0.3) is 10.2 Å². The zero-order valence-electron chi connectivity index (χ0n) is 14.5. The molecular weight excluding hydrogens is 377 g/mol. The summed E-state index contributed by atoms with van der Waals surface area (Å²) < 4.78 is 44.6. The molecular formula is C19H17F3N2O2S. The lowest BCUT2D eigenvalue weighted by Gasteiger charge is -2.31. The van der Waals surface area contributed by atoms with Gasteiger partial charge in [-0.1, -0.05) is 0 Å². The summed E-state index contributed by atoms with van der Waals surface area (Å²) in [6.07, 6.45) is -1.37. The van der Waals surface area contributed by atoms with Crippen LogP contribution < -0.4 is 0 Å². The number of likely N-dealkylation sites (tertiary alicyclic amines) is 1. The molecule has 0 aliphatic carbocycles. The molecule has 142 valence electrons. The van der Waals surface area contributed by atoms with Crippen LogP contribution in [0.5, 0.6) is 0 Å². The third-order valence-corrected chi connectivity index (χ3v) is 6.15. The van der Waals surface area contributed by atoms with Crippen molar-refractivity contribution in [2.24, 2.45) is 0 Å². The van der Waals surface area contributed by atoms with Crippen molar-refractivity contribution < 1.29 is 22.4 Å². The van der Waals surface area contributed by atoms with Gasteiger partial charge in [0.15, 0.2) is 0 Å². The Bertz CT molecular complexity index is 984. The second kappa shape index (κ2) is 6.67. The molecule has 27 heavy (non-hydrogen) atoms. The highest BCUT2D eigenvalue weighted by atomic mass is 32.1. The van der Waals surface area contributed by atoms with Crippen LogP contribution in [0.1, 0.15) is 45.4 Å². The first kappa shape index (κ1) is 18.0. The molecule has 0 spiro atoms. The van der Waals surface area contributed by atoms with Gasteiger partial charge >= 0.3 is 6.18 Å². The van der Waals surface area contributed by atoms with E-state index >= 15 is 0 Å². The number of nitrogens with zero attached hydrogens (tertiary/aromatic N) is 2. The number of piperidine rings is 1. The van der Waals surface area contributed by atoms with E-state index < -0.39 is 11.7 Å². The van der Waals surface area contributed by atoms with E-state index in [2.05, 4.69) is 4.98 Å². The first-order valence-electron chi connectivity index (χ1n) is 8.64. The van der Waals surface area contributed by atoms with Gasteiger partial charge in [0.1, 0.15) is 5.76 Å². The summed E-state index contributed by atoms with van der Waals surface area (Å²) in [6.45, 7) is 2.95. The molecule has 1 aromatic carbocycles. The summed E-state index contributed by atoms with van der Waals surface area (Å²) >= 11 is 1.44. The zero-order chi connectivity index (χ0) is 19.2. The predicted molar refractivity (Wildman–Crippen MR) is 95.9 cm³/mol. The van der Waals surface area contributed by atoms with Gasteiger partial charge in [0, 0.05) is 19.0 Å². The Kier molecular flexibility index (Phi) is 4.46. The Balaban J connectivity index is 1.48. The number of hydrogen-bond donors (Lipinski definition) is 0. The van der Waals surface area contributed by atoms with E-state index in [1.54, 1.807) is 17.9 Å². The van der Waals surface area contributed by atoms with Crippen LogP contribution in [0.2, 0.25) is 0 Å². The number of carbonyl (C=O) groups excluding carboxylic acids is 1. The minimum Gasteiger partial charge on any atom is -0.469 e. The maximum absolute atomic E-state index is 12.9. The number of aryl methyl sites for hydroxylation is 1. The number of amides is 1. The van der Waals surface area contributed by atoms with E-state index in [0.29, 0.717) is 29.9 Å². The van der Waals surface area contributed by atoms with Gasteiger partial charge in [-0.05, 0) is 44.0 Å². The number of alkyl halides is 3. The van der Waals surface area contributed by atoms with Crippen molar-refractivity contribution >= 4 is 27.5 Å². The maximum atomic E-state index is 12.9. The average molecular weight is 394 g/mol. The lowest BCUT2D eigenvalue weighted by molar-refractivity contribution is -0.137. The third-order valence-electron chi connectivity index (χ3n) is 4.95. The van der Waals surface area contributed by atoms with Gasteiger partial charge in [-0.3, -0.25) is 4.79 Å². The molecule has 3 heterocycles. The largest absolute Gasteiger partial charge is 0.469 e. The molecule has 1 fully saturated rings. The molecule has 0 atom stereocenters. The summed E-state index contributed by atoms with van der Waals surface area (Å²) in [4.78, 5) is 18.8. The molecule has 1 saturated heterocycles. The van der Waals surface area contributed by atoms with Crippen LogP contribution in [0.3, 0.4) is 0 Å².